The average molecular weight is 454 g/mol. The predicted octanol–water partition coefficient (Wildman–Crippen LogP) is 3.95. The Morgan fingerprint density at radius 2 is 1.78 bits per heavy atom. The third-order valence-electron chi connectivity index (χ3n) is 6.20. The summed E-state index contributed by atoms with van der Waals surface area (Å²) in [6.45, 7) is 3.26. The summed E-state index contributed by atoms with van der Waals surface area (Å²) >= 11 is 1.57. The summed E-state index contributed by atoms with van der Waals surface area (Å²) in [5, 5.41) is 24.2. The molecule has 1 amide bonds. The Balaban J connectivity index is 1.32. The van der Waals surface area contributed by atoms with Crippen LogP contribution in [0.25, 0.3) is 0 Å². The highest BCUT2D eigenvalue weighted by molar-refractivity contribution is 7.16. The first kappa shape index (κ1) is 22.2. The Morgan fingerprint density at radius 1 is 1.09 bits per heavy atom. The number of hydrogen-bond donors (Lipinski definition) is 1. The predicted molar refractivity (Wildman–Crippen MR) is 125 cm³/mol. The fraction of sp³-hybridized carbons (Fsp3) is 0.478. The van der Waals surface area contributed by atoms with Gasteiger partial charge in [0.05, 0.1) is 17.0 Å². The van der Waals surface area contributed by atoms with E-state index >= 15 is 0 Å². The maximum absolute atomic E-state index is 12.7. The lowest BCUT2D eigenvalue weighted by atomic mass is 9.97. The average Bonchev–Trinajstić information content (AvgIpc) is 3.09. The first-order valence-electron chi connectivity index (χ1n) is 11.1. The number of nitro groups is 1. The van der Waals surface area contributed by atoms with Crippen LogP contribution in [0, 0.1) is 21.4 Å². The molecule has 1 aromatic carbocycles. The fourth-order valence-corrected chi connectivity index (χ4v) is 5.70. The third-order valence-corrected chi connectivity index (χ3v) is 7.41. The van der Waals surface area contributed by atoms with Crippen LogP contribution in [0.3, 0.4) is 0 Å². The second kappa shape index (κ2) is 10.1. The van der Waals surface area contributed by atoms with Crippen LogP contribution in [0.5, 0.6) is 0 Å². The number of nitro benzene ring substituents is 1. The van der Waals surface area contributed by atoms with Crippen LogP contribution in [0.4, 0.5) is 16.4 Å². The van der Waals surface area contributed by atoms with E-state index in [1.54, 1.807) is 23.5 Å². The molecular weight excluding hydrogens is 426 g/mol. The number of thiophene rings is 1. The SMILES string of the molecule is N#Cc1c(NC(=O)CN2CCN(c3ccc([N+](=O)[O-])cc3)CC2)sc2c1CCCCCC2. The Bertz CT molecular complexity index is 1020. The molecule has 0 atom stereocenters. The van der Waals surface area contributed by atoms with Crippen molar-refractivity contribution in [3.63, 3.8) is 0 Å². The van der Waals surface area contributed by atoms with Crippen LogP contribution in [0.1, 0.15) is 41.7 Å². The van der Waals surface area contributed by atoms with E-state index in [0.29, 0.717) is 17.1 Å². The zero-order chi connectivity index (χ0) is 22.5. The second-order valence-electron chi connectivity index (χ2n) is 8.32. The van der Waals surface area contributed by atoms with Crippen LogP contribution < -0.4 is 10.2 Å². The molecule has 1 N–H and O–H groups in total. The topological polar surface area (TPSA) is 103 Å². The first-order valence-corrected chi connectivity index (χ1v) is 11.9. The van der Waals surface area contributed by atoms with Crippen molar-refractivity contribution in [1.82, 2.24) is 4.90 Å². The number of non-ortho nitro benzene ring substituents is 1. The van der Waals surface area contributed by atoms with E-state index in [1.165, 1.54) is 29.9 Å². The number of nitriles is 1. The molecular formula is C23H27N5O3S. The van der Waals surface area contributed by atoms with E-state index in [1.807, 2.05) is 0 Å². The minimum absolute atomic E-state index is 0.0838. The van der Waals surface area contributed by atoms with Gasteiger partial charge in [0.2, 0.25) is 5.91 Å². The lowest BCUT2D eigenvalue weighted by Crippen LogP contribution is -2.48. The first-order chi connectivity index (χ1) is 15.5. The van der Waals surface area contributed by atoms with E-state index < -0.39 is 4.92 Å². The van der Waals surface area contributed by atoms with Gasteiger partial charge in [-0.05, 0) is 43.4 Å². The Morgan fingerprint density at radius 3 is 2.44 bits per heavy atom. The summed E-state index contributed by atoms with van der Waals surface area (Å²) in [7, 11) is 0. The number of nitrogens with one attached hydrogen (secondary N) is 1. The molecule has 1 aliphatic carbocycles. The van der Waals surface area contributed by atoms with Crippen molar-refractivity contribution in [1.29, 1.82) is 5.26 Å². The van der Waals surface area contributed by atoms with Gasteiger partial charge in [-0.25, -0.2) is 0 Å². The molecule has 0 spiro atoms. The minimum Gasteiger partial charge on any atom is -0.369 e. The van der Waals surface area contributed by atoms with Gasteiger partial charge in [-0.15, -0.1) is 11.3 Å². The summed E-state index contributed by atoms with van der Waals surface area (Å²) in [6, 6.07) is 8.91. The van der Waals surface area contributed by atoms with Crippen molar-refractivity contribution in [2.24, 2.45) is 0 Å². The van der Waals surface area contributed by atoms with Crippen molar-refractivity contribution in [3.05, 3.63) is 50.4 Å². The number of rotatable bonds is 5. The third kappa shape index (κ3) is 5.09. The van der Waals surface area contributed by atoms with Crippen molar-refractivity contribution < 1.29 is 9.72 Å². The molecule has 2 heterocycles. The van der Waals surface area contributed by atoms with Gasteiger partial charge in [-0.3, -0.25) is 19.8 Å². The molecule has 9 heteroatoms. The summed E-state index contributed by atoms with van der Waals surface area (Å²) in [5.41, 5.74) is 2.84. The van der Waals surface area contributed by atoms with E-state index in [0.717, 1.165) is 63.1 Å². The molecule has 0 radical (unpaired) electrons. The van der Waals surface area contributed by atoms with Crippen LogP contribution in [-0.4, -0.2) is 48.5 Å². The molecule has 1 saturated heterocycles. The maximum atomic E-state index is 12.7. The molecule has 1 aromatic heterocycles. The van der Waals surface area contributed by atoms with Crippen LogP contribution in [0.15, 0.2) is 24.3 Å². The monoisotopic (exact) mass is 453 g/mol. The number of benzene rings is 1. The number of nitrogens with zero attached hydrogens (tertiary/aromatic N) is 4. The summed E-state index contributed by atoms with van der Waals surface area (Å²) in [5.74, 6) is -0.0838. The molecule has 1 aliphatic heterocycles. The minimum atomic E-state index is -0.398. The number of amides is 1. The standard InChI is InChI=1S/C23H27N5O3S/c24-15-20-19-5-3-1-2-4-6-21(19)32-23(20)25-22(29)16-26-11-13-27(14-12-26)17-7-9-18(10-8-17)28(30)31/h7-10H,1-6,11-14,16H2,(H,25,29). The van der Waals surface area contributed by atoms with E-state index in [9.17, 15) is 20.2 Å². The highest BCUT2D eigenvalue weighted by Crippen LogP contribution is 2.36. The Kier molecular flexibility index (Phi) is 7.02. The Labute approximate surface area is 191 Å². The fourth-order valence-electron chi connectivity index (χ4n) is 4.44. The smallest absolute Gasteiger partial charge is 0.269 e. The van der Waals surface area contributed by atoms with Crippen molar-refractivity contribution >= 4 is 33.6 Å². The van der Waals surface area contributed by atoms with E-state index in [2.05, 4.69) is 21.2 Å². The number of carbonyl (C=O) groups excluding carboxylic acids is 1. The van der Waals surface area contributed by atoms with Gasteiger partial charge in [0.1, 0.15) is 11.1 Å². The van der Waals surface area contributed by atoms with Gasteiger partial charge in [0.15, 0.2) is 0 Å². The normalized spacial score (nSPS) is 17.0. The number of piperazine rings is 1. The molecule has 168 valence electrons. The van der Waals surface area contributed by atoms with Crippen molar-refractivity contribution in [2.75, 3.05) is 42.9 Å². The number of fused-ring (bicyclic) bond motifs is 1. The molecule has 2 aliphatic rings. The number of anilines is 2. The van der Waals surface area contributed by atoms with Gasteiger partial charge in [-0.2, -0.15) is 5.26 Å². The molecule has 1 fully saturated rings. The molecule has 2 aromatic rings. The van der Waals surface area contributed by atoms with Gasteiger partial charge >= 0.3 is 0 Å². The Hall–Kier alpha value is -2.96. The molecule has 8 nitrogen and oxygen atoms in total. The molecule has 0 saturated carbocycles. The second-order valence-corrected chi connectivity index (χ2v) is 9.42. The van der Waals surface area contributed by atoms with Crippen molar-refractivity contribution in [3.8, 4) is 6.07 Å². The van der Waals surface area contributed by atoms with Crippen LogP contribution >= 0.6 is 11.3 Å². The molecule has 4 rings (SSSR count). The molecule has 32 heavy (non-hydrogen) atoms. The summed E-state index contributed by atoms with van der Waals surface area (Å²) in [4.78, 5) is 28.7. The van der Waals surface area contributed by atoms with Gasteiger partial charge in [0.25, 0.3) is 5.69 Å². The maximum Gasteiger partial charge on any atom is 0.269 e. The zero-order valence-corrected chi connectivity index (χ0v) is 18.8. The van der Waals surface area contributed by atoms with Gasteiger partial charge < -0.3 is 10.2 Å². The molecule has 0 unspecified atom stereocenters. The van der Waals surface area contributed by atoms with E-state index in [4.69, 9.17) is 0 Å². The number of aryl methyl sites for hydroxylation is 1. The summed E-state index contributed by atoms with van der Waals surface area (Å²) in [6.07, 6.45) is 6.60. The highest BCUT2D eigenvalue weighted by atomic mass is 32.1. The van der Waals surface area contributed by atoms with Gasteiger partial charge in [-0.1, -0.05) is 12.8 Å². The van der Waals surface area contributed by atoms with Crippen LogP contribution in [-0.2, 0) is 17.6 Å². The van der Waals surface area contributed by atoms with Crippen LogP contribution in [0.2, 0.25) is 0 Å². The summed E-state index contributed by atoms with van der Waals surface area (Å²) < 4.78 is 0. The number of carbonyl (C=O) groups is 1. The largest absolute Gasteiger partial charge is 0.369 e. The number of hydrogen-bond acceptors (Lipinski definition) is 7. The van der Waals surface area contributed by atoms with E-state index in [-0.39, 0.29) is 11.6 Å². The van der Waals surface area contributed by atoms with Gasteiger partial charge in [0, 0.05) is 48.9 Å². The lowest BCUT2D eigenvalue weighted by Gasteiger charge is -2.35. The lowest BCUT2D eigenvalue weighted by molar-refractivity contribution is -0.384. The zero-order valence-electron chi connectivity index (χ0n) is 18.0. The van der Waals surface area contributed by atoms with Crippen molar-refractivity contribution in [2.45, 2.75) is 38.5 Å². The highest BCUT2D eigenvalue weighted by Gasteiger charge is 2.23. The quantitative estimate of drug-likeness (QED) is 0.543. The molecule has 0 bridgehead atoms.